The van der Waals surface area contributed by atoms with Gasteiger partial charge in [-0.15, -0.1) is 0 Å². The van der Waals surface area contributed by atoms with Gasteiger partial charge in [-0.05, 0) is 113 Å². The Bertz CT molecular complexity index is 742. The van der Waals surface area contributed by atoms with Crippen LogP contribution >= 0.6 is 0 Å². The van der Waals surface area contributed by atoms with Crippen molar-refractivity contribution in [2.75, 3.05) is 26.2 Å². The molecular weight excluding hydrogens is 396 g/mol. The molecule has 0 radical (unpaired) electrons. The second kappa shape index (κ2) is 9.06. The summed E-state index contributed by atoms with van der Waals surface area (Å²) in [5.41, 5.74) is 3.53. The Balaban J connectivity index is 1.23. The predicted octanol–water partition coefficient (Wildman–Crippen LogP) is 5.80. The van der Waals surface area contributed by atoms with Crippen LogP contribution in [0.4, 0.5) is 0 Å². The van der Waals surface area contributed by atoms with Crippen LogP contribution in [-0.2, 0) is 4.84 Å². The van der Waals surface area contributed by atoms with Gasteiger partial charge in [-0.25, -0.2) is 0 Å². The average Bonchev–Trinajstić information content (AvgIpc) is 3.15. The minimum Gasteiger partial charge on any atom is -0.394 e. The second-order valence-electron chi connectivity index (χ2n) is 12.3. The van der Waals surface area contributed by atoms with E-state index in [2.05, 4.69) is 36.9 Å². The van der Waals surface area contributed by atoms with E-state index < -0.39 is 0 Å². The molecule has 180 valence electrons. The van der Waals surface area contributed by atoms with E-state index in [-0.39, 0.29) is 6.10 Å². The summed E-state index contributed by atoms with van der Waals surface area (Å²) in [4.78, 5) is 8.38. The van der Waals surface area contributed by atoms with Crippen LogP contribution in [0.25, 0.3) is 0 Å². The lowest BCUT2D eigenvalue weighted by molar-refractivity contribution is -0.0427. The zero-order valence-corrected chi connectivity index (χ0v) is 20.8. The molecule has 3 saturated carbocycles. The molecule has 1 saturated heterocycles. The van der Waals surface area contributed by atoms with Crippen LogP contribution < -0.4 is 0 Å². The molecule has 32 heavy (non-hydrogen) atoms. The number of piperidine rings is 1. The highest BCUT2D eigenvalue weighted by molar-refractivity contribution is 5.85. The van der Waals surface area contributed by atoms with Crippen LogP contribution in [-0.4, -0.2) is 48.1 Å². The number of fused-ring (bicyclic) bond motifs is 5. The molecular formula is C28H46N2O2. The minimum absolute atomic E-state index is 0.107. The van der Waals surface area contributed by atoms with Gasteiger partial charge in [0.1, 0.15) is 6.61 Å². The molecule has 0 bridgehead atoms. The Morgan fingerprint density at radius 1 is 1.09 bits per heavy atom. The first-order valence-electron chi connectivity index (χ1n) is 13.7. The van der Waals surface area contributed by atoms with Crippen molar-refractivity contribution in [3.63, 3.8) is 0 Å². The summed E-state index contributed by atoms with van der Waals surface area (Å²) >= 11 is 0. The minimum atomic E-state index is -0.107. The van der Waals surface area contributed by atoms with Crippen LogP contribution in [0.1, 0.15) is 91.4 Å². The van der Waals surface area contributed by atoms with Gasteiger partial charge in [-0.2, -0.15) is 0 Å². The second-order valence-corrected chi connectivity index (χ2v) is 12.3. The number of aliphatic hydroxyl groups is 1. The lowest BCUT2D eigenvalue weighted by Gasteiger charge is -2.58. The highest BCUT2D eigenvalue weighted by Gasteiger charge is 2.59. The van der Waals surface area contributed by atoms with Gasteiger partial charge in [-0.3, -0.25) is 4.90 Å². The highest BCUT2D eigenvalue weighted by Crippen LogP contribution is 2.66. The summed E-state index contributed by atoms with van der Waals surface area (Å²) in [5.74, 6) is 3.02. The van der Waals surface area contributed by atoms with Gasteiger partial charge in [0.25, 0.3) is 0 Å². The van der Waals surface area contributed by atoms with Crippen molar-refractivity contribution < 1.29 is 9.94 Å². The van der Waals surface area contributed by atoms with Crippen LogP contribution in [0.15, 0.2) is 16.8 Å². The van der Waals surface area contributed by atoms with E-state index in [1.807, 2.05) is 0 Å². The molecule has 0 aromatic heterocycles. The van der Waals surface area contributed by atoms with Crippen LogP contribution in [0.2, 0.25) is 0 Å². The number of allylic oxidation sites excluding steroid dienone is 1. The number of likely N-dealkylation sites (tertiary alicyclic amines) is 1. The van der Waals surface area contributed by atoms with Gasteiger partial charge >= 0.3 is 0 Å². The Hall–Kier alpha value is -0.870. The third-order valence-electron chi connectivity index (χ3n) is 10.7. The molecule has 0 spiro atoms. The van der Waals surface area contributed by atoms with E-state index in [9.17, 15) is 5.11 Å². The third kappa shape index (κ3) is 3.98. The molecule has 1 heterocycles. The molecule has 0 aromatic rings. The van der Waals surface area contributed by atoms with Crippen molar-refractivity contribution >= 4 is 5.71 Å². The van der Waals surface area contributed by atoms with Crippen molar-refractivity contribution in [3.8, 4) is 0 Å². The Labute approximate surface area is 195 Å². The van der Waals surface area contributed by atoms with E-state index >= 15 is 0 Å². The summed E-state index contributed by atoms with van der Waals surface area (Å²) in [6.45, 7) is 11.5. The number of aliphatic hydroxyl groups excluding tert-OH is 1. The van der Waals surface area contributed by atoms with Crippen molar-refractivity contribution in [1.82, 2.24) is 4.90 Å². The van der Waals surface area contributed by atoms with E-state index in [0.29, 0.717) is 16.7 Å². The van der Waals surface area contributed by atoms with Gasteiger partial charge in [-0.1, -0.05) is 37.1 Å². The van der Waals surface area contributed by atoms with Crippen molar-refractivity contribution in [2.45, 2.75) is 97.5 Å². The molecule has 5 rings (SSSR count). The van der Waals surface area contributed by atoms with E-state index in [4.69, 9.17) is 4.84 Å². The molecule has 7 atom stereocenters. The van der Waals surface area contributed by atoms with Gasteiger partial charge in [0.2, 0.25) is 0 Å². The van der Waals surface area contributed by atoms with Crippen LogP contribution in [0.5, 0.6) is 0 Å². The number of rotatable bonds is 5. The Morgan fingerprint density at radius 2 is 1.91 bits per heavy atom. The Morgan fingerprint density at radius 3 is 2.72 bits per heavy atom. The van der Waals surface area contributed by atoms with Gasteiger partial charge in [0, 0.05) is 12.5 Å². The molecule has 1 N–H and O–H groups in total. The molecule has 7 unspecified atom stereocenters. The van der Waals surface area contributed by atoms with E-state index in [0.717, 1.165) is 43.7 Å². The molecule has 0 amide bonds. The summed E-state index contributed by atoms with van der Waals surface area (Å²) in [6.07, 6.45) is 16.1. The standard InChI is InChI=1S/C28H46N2O2/c1-20(29-32-18-17-30-15-5-4-6-16-30)24-9-10-25-23-8-7-21-19-22(31)11-13-27(21,2)26(23)12-14-28(24,25)3/h7,22-26,31H,4-6,8-19H2,1-3H3/b29-20+. The molecule has 4 heteroatoms. The smallest absolute Gasteiger partial charge is 0.129 e. The van der Waals surface area contributed by atoms with E-state index in [1.165, 1.54) is 76.6 Å². The van der Waals surface area contributed by atoms with Crippen molar-refractivity contribution in [2.24, 2.45) is 39.7 Å². The maximum Gasteiger partial charge on any atom is 0.129 e. The quantitative estimate of drug-likeness (QED) is 0.253. The lowest BCUT2D eigenvalue weighted by Crippen LogP contribution is -2.50. The molecule has 5 aliphatic rings. The molecule has 4 aliphatic carbocycles. The third-order valence-corrected chi connectivity index (χ3v) is 10.7. The van der Waals surface area contributed by atoms with Gasteiger partial charge in [0.05, 0.1) is 11.8 Å². The molecule has 4 fully saturated rings. The normalized spacial score (nSPS) is 44.9. The monoisotopic (exact) mass is 442 g/mol. The largest absolute Gasteiger partial charge is 0.394 e. The fraction of sp³-hybridized carbons (Fsp3) is 0.893. The SMILES string of the molecule is C/C(=N\OCCN1CCCCC1)C1CCC2C3CC=C4CC(O)CCC4(C)C3CCC12C. The number of nitrogens with zero attached hydrogens (tertiary/aromatic N) is 2. The molecule has 4 nitrogen and oxygen atoms in total. The summed E-state index contributed by atoms with van der Waals surface area (Å²) in [6, 6.07) is 0. The lowest BCUT2D eigenvalue weighted by atomic mass is 9.47. The first kappa shape index (κ1) is 22.9. The van der Waals surface area contributed by atoms with Crippen LogP contribution in [0.3, 0.4) is 0 Å². The number of hydrogen-bond acceptors (Lipinski definition) is 4. The fourth-order valence-electron chi connectivity index (χ4n) is 8.89. The average molecular weight is 443 g/mol. The van der Waals surface area contributed by atoms with Gasteiger partial charge < -0.3 is 9.94 Å². The first-order valence-corrected chi connectivity index (χ1v) is 13.7. The van der Waals surface area contributed by atoms with Crippen molar-refractivity contribution in [3.05, 3.63) is 11.6 Å². The maximum atomic E-state index is 10.2. The van der Waals surface area contributed by atoms with Crippen LogP contribution in [0, 0.1) is 34.5 Å². The molecule has 1 aliphatic heterocycles. The fourth-order valence-corrected chi connectivity index (χ4v) is 8.89. The summed E-state index contributed by atoms with van der Waals surface area (Å²) < 4.78 is 0. The highest BCUT2D eigenvalue weighted by atomic mass is 16.6. The van der Waals surface area contributed by atoms with E-state index in [1.54, 1.807) is 5.57 Å². The topological polar surface area (TPSA) is 45.1 Å². The van der Waals surface area contributed by atoms with Crippen molar-refractivity contribution in [1.29, 1.82) is 0 Å². The van der Waals surface area contributed by atoms with Gasteiger partial charge in [0.15, 0.2) is 0 Å². The zero-order chi connectivity index (χ0) is 22.3. The summed E-state index contributed by atoms with van der Waals surface area (Å²) in [5, 5.41) is 14.9. The Kier molecular flexibility index (Phi) is 6.48. The summed E-state index contributed by atoms with van der Waals surface area (Å²) in [7, 11) is 0. The number of hydrogen-bond donors (Lipinski definition) is 1. The number of oxime groups is 1. The zero-order valence-electron chi connectivity index (χ0n) is 20.8. The first-order chi connectivity index (χ1) is 15.4. The predicted molar refractivity (Wildman–Crippen MR) is 131 cm³/mol. The maximum absolute atomic E-state index is 10.2. The molecule has 0 aromatic carbocycles.